The summed E-state index contributed by atoms with van der Waals surface area (Å²) in [5, 5.41) is 3.93. The Kier molecular flexibility index (Phi) is 5.21. The first kappa shape index (κ1) is 17.9. The fourth-order valence-corrected chi connectivity index (χ4v) is 3.16. The zero-order valence-corrected chi connectivity index (χ0v) is 15.5. The van der Waals surface area contributed by atoms with Crippen molar-refractivity contribution in [2.75, 3.05) is 6.54 Å². The Morgan fingerprint density at radius 1 is 1.08 bits per heavy atom. The van der Waals surface area contributed by atoms with Crippen LogP contribution in [0.4, 0.5) is 0 Å². The van der Waals surface area contributed by atoms with Crippen LogP contribution in [-0.4, -0.2) is 17.4 Å². The zero-order chi connectivity index (χ0) is 18.7. The number of fused-ring (bicyclic) bond motifs is 1. The molecular formula is C22H24N2O2. The topological polar surface area (TPSA) is 62.0 Å². The molecule has 4 heteroatoms. The van der Waals surface area contributed by atoms with Gasteiger partial charge in [0.1, 0.15) is 0 Å². The lowest BCUT2D eigenvalue weighted by Gasteiger charge is -2.09. The highest BCUT2D eigenvalue weighted by Crippen LogP contribution is 2.18. The van der Waals surface area contributed by atoms with Crippen molar-refractivity contribution in [3.8, 4) is 0 Å². The number of carbonyl (C=O) groups is 1. The normalized spacial score (nSPS) is 10.9. The number of aryl methyl sites for hydroxylation is 3. The molecule has 2 N–H and O–H groups in total. The molecule has 1 amide bonds. The number of rotatable bonds is 5. The number of H-pyrrole nitrogens is 1. The van der Waals surface area contributed by atoms with Gasteiger partial charge in [-0.2, -0.15) is 0 Å². The summed E-state index contributed by atoms with van der Waals surface area (Å²) in [4.78, 5) is 27.4. The molecule has 0 atom stereocenters. The number of hydrogen-bond donors (Lipinski definition) is 2. The monoisotopic (exact) mass is 348 g/mol. The molecular weight excluding hydrogens is 324 g/mol. The first-order valence-electron chi connectivity index (χ1n) is 8.88. The van der Waals surface area contributed by atoms with Crippen LogP contribution in [0.2, 0.25) is 0 Å². The van der Waals surface area contributed by atoms with Crippen LogP contribution < -0.4 is 10.9 Å². The summed E-state index contributed by atoms with van der Waals surface area (Å²) in [5.74, 6) is -0.0284. The number of aromatic amines is 1. The molecule has 1 heterocycles. The molecule has 4 nitrogen and oxygen atoms in total. The molecule has 0 saturated heterocycles. The van der Waals surface area contributed by atoms with Crippen molar-refractivity contribution < 1.29 is 4.79 Å². The molecule has 2 aromatic carbocycles. The van der Waals surface area contributed by atoms with Gasteiger partial charge in [0, 0.05) is 12.1 Å². The lowest BCUT2D eigenvalue weighted by Crippen LogP contribution is -2.28. The van der Waals surface area contributed by atoms with Crippen LogP contribution in [0, 0.1) is 20.8 Å². The molecule has 26 heavy (non-hydrogen) atoms. The molecule has 0 bridgehead atoms. The van der Waals surface area contributed by atoms with Crippen LogP contribution in [0.3, 0.4) is 0 Å². The maximum atomic E-state index is 12.3. The summed E-state index contributed by atoms with van der Waals surface area (Å²) < 4.78 is 0. The number of amides is 1. The van der Waals surface area contributed by atoms with Crippen LogP contribution in [0.1, 0.15) is 27.8 Å². The minimum atomic E-state index is -0.0841. The fraction of sp³-hybridized carbons (Fsp3) is 0.273. The number of carbonyl (C=O) groups excluding carboxylic acids is 1. The van der Waals surface area contributed by atoms with E-state index < -0.39 is 0 Å². The van der Waals surface area contributed by atoms with E-state index in [4.69, 9.17) is 0 Å². The van der Waals surface area contributed by atoms with E-state index >= 15 is 0 Å². The Bertz CT molecular complexity index is 1020. The van der Waals surface area contributed by atoms with Gasteiger partial charge in [-0.15, -0.1) is 0 Å². The van der Waals surface area contributed by atoms with Gasteiger partial charge in [-0.25, -0.2) is 0 Å². The SMILES string of the molecule is Cc1cccc(CC(=O)NCCc2cc3ccc(C)c(C)c3[nH]c2=O)c1. The predicted octanol–water partition coefficient (Wildman–Crippen LogP) is 3.35. The number of hydrogen-bond acceptors (Lipinski definition) is 2. The van der Waals surface area contributed by atoms with Crippen molar-refractivity contribution in [2.45, 2.75) is 33.6 Å². The Balaban J connectivity index is 1.64. The van der Waals surface area contributed by atoms with E-state index in [-0.39, 0.29) is 11.5 Å². The average Bonchev–Trinajstić information content (AvgIpc) is 2.59. The highest BCUT2D eigenvalue weighted by atomic mass is 16.1. The molecule has 0 aliphatic rings. The second-order valence-corrected chi connectivity index (χ2v) is 6.86. The summed E-state index contributed by atoms with van der Waals surface area (Å²) in [5.41, 5.74) is 5.89. The lowest BCUT2D eigenvalue weighted by atomic mass is 10.0. The zero-order valence-electron chi connectivity index (χ0n) is 15.5. The van der Waals surface area contributed by atoms with Gasteiger partial charge >= 0.3 is 0 Å². The van der Waals surface area contributed by atoms with E-state index in [1.165, 1.54) is 0 Å². The van der Waals surface area contributed by atoms with E-state index in [1.807, 2.05) is 57.2 Å². The van der Waals surface area contributed by atoms with Crippen molar-refractivity contribution in [3.63, 3.8) is 0 Å². The van der Waals surface area contributed by atoms with Gasteiger partial charge in [0.15, 0.2) is 0 Å². The van der Waals surface area contributed by atoms with Crippen LogP contribution in [0.25, 0.3) is 10.9 Å². The highest BCUT2D eigenvalue weighted by molar-refractivity contribution is 5.83. The van der Waals surface area contributed by atoms with Gasteiger partial charge in [-0.05, 0) is 55.3 Å². The molecule has 0 saturated carbocycles. The summed E-state index contributed by atoms with van der Waals surface area (Å²) in [7, 11) is 0. The maximum absolute atomic E-state index is 12.3. The second kappa shape index (κ2) is 7.56. The van der Waals surface area contributed by atoms with Gasteiger partial charge in [-0.1, -0.05) is 42.0 Å². The Morgan fingerprint density at radius 3 is 2.65 bits per heavy atom. The summed E-state index contributed by atoms with van der Waals surface area (Å²) in [6.45, 7) is 6.50. The third-order valence-electron chi connectivity index (χ3n) is 4.79. The van der Waals surface area contributed by atoms with E-state index in [1.54, 1.807) is 0 Å². The smallest absolute Gasteiger partial charge is 0.251 e. The summed E-state index contributed by atoms with van der Waals surface area (Å²) in [6.07, 6.45) is 0.867. The third-order valence-corrected chi connectivity index (χ3v) is 4.79. The highest BCUT2D eigenvalue weighted by Gasteiger charge is 2.08. The molecule has 0 unspecified atom stereocenters. The Hall–Kier alpha value is -2.88. The van der Waals surface area contributed by atoms with Crippen molar-refractivity contribution >= 4 is 16.8 Å². The molecule has 0 aliphatic heterocycles. The van der Waals surface area contributed by atoms with Gasteiger partial charge in [0.2, 0.25) is 5.91 Å². The van der Waals surface area contributed by atoms with Gasteiger partial charge < -0.3 is 10.3 Å². The van der Waals surface area contributed by atoms with Crippen molar-refractivity contribution in [1.29, 1.82) is 0 Å². The van der Waals surface area contributed by atoms with Crippen molar-refractivity contribution in [3.05, 3.63) is 80.6 Å². The van der Waals surface area contributed by atoms with Crippen LogP contribution in [0.15, 0.2) is 47.3 Å². The third kappa shape index (κ3) is 4.02. The lowest BCUT2D eigenvalue weighted by molar-refractivity contribution is -0.120. The largest absolute Gasteiger partial charge is 0.355 e. The first-order valence-corrected chi connectivity index (χ1v) is 8.88. The van der Waals surface area contributed by atoms with E-state index in [2.05, 4.69) is 16.4 Å². The Labute approximate surface area is 153 Å². The van der Waals surface area contributed by atoms with Crippen molar-refractivity contribution in [2.24, 2.45) is 0 Å². The quantitative estimate of drug-likeness (QED) is 0.743. The second-order valence-electron chi connectivity index (χ2n) is 6.86. The fourth-order valence-electron chi connectivity index (χ4n) is 3.16. The van der Waals surface area contributed by atoms with E-state index in [9.17, 15) is 9.59 Å². The van der Waals surface area contributed by atoms with Crippen LogP contribution >= 0.6 is 0 Å². The molecule has 3 rings (SSSR count). The number of pyridine rings is 1. The van der Waals surface area contributed by atoms with Crippen molar-refractivity contribution in [1.82, 2.24) is 10.3 Å². The van der Waals surface area contributed by atoms with E-state index in [0.29, 0.717) is 24.9 Å². The van der Waals surface area contributed by atoms with Crippen LogP contribution in [-0.2, 0) is 17.6 Å². The molecule has 0 aliphatic carbocycles. The molecule has 0 radical (unpaired) electrons. The van der Waals surface area contributed by atoms with Gasteiger partial charge in [-0.3, -0.25) is 9.59 Å². The molecule has 3 aromatic rings. The maximum Gasteiger partial charge on any atom is 0.251 e. The first-order chi connectivity index (χ1) is 12.4. The molecule has 134 valence electrons. The van der Waals surface area contributed by atoms with Gasteiger partial charge in [0.25, 0.3) is 5.56 Å². The van der Waals surface area contributed by atoms with Gasteiger partial charge in [0.05, 0.1) is 11.9 Å². The Morgan fingerprint density at radius 2 is 1.88 bits per heavy atom. The average molecular weight is 348 g/mol. The standard InChI is InChI=1S/C22H24N2O2/c1-14-5-4-6-17(11-14)12-20(25)23-10-9-19-13-18-8-7-15(2)16(3)21(18)24-22(19)26/h4-8,11,13H,9-10,12H2,1-3H3,(H,23,25)(H,24,26). The van der Waals surface area contributed by atoms with Crippen LogP contribution in [0.5, 0.6) is 0 Å². The number of benzene rings is 2. The minimum absolute atomic E-state index is 0.0284. The minimum Gasteiger partial charge on any atom is -0.355 e. The molecule has 0 spiro atoms. The summed E-state index contributed by atoms with van der Waals surface area (Å²) >= 11 is 0. The number of nitrogens with one attached hydrogen (secondary N) is 2. The molecule has 1 aromatic heterocycles. The number of aromatic nitrogens is 1. The summed E-state index contributed by atoms with van der Waals surface area (Å²) in [6, 6.07) is 13.9. The predicted molar refractivity (Wildman–Crippen MR) is 106 cm³/mol. The molecule has 0 fully saturated rings. The van der Waals surface area contributed by atoms with E-state index in [0.717, 1.165) is 33.2 Å².